The Bertz CT molecular complexity index is 605. The summed E-state index contributed by atoms with van der Waals surface area (Å²) < 4.78 is 5.12. The zero-order chi connectivity index (χ0) is 13.1. The molecule has 3 rings (SSSR count). The zero-order valence-electron chi connectivity index (χ0n) is 10.3. The molecule has 0 bridgehead atoms. The predicted octanol–water partition coefficient (Wildman–Crippen LogP) is 3.05. The van der Waals surface area contributed by atoms with E-state index in [9.17, 15) is 4.79 Å². The Morgan fingerprint density at radius 1 is 0.947 bits per heavy atom. The third kappa shape index (κ3) is 2.36. The van der Waals surface area contributed by atoms with Crippen LogP contribution in [-0.4, -0.2) is 12.7 Å². The summed E-state index contributed by atoms with van der Waals surface area (Å²) in [6.45, 7) is 0.265. The van der Waals surface area contributed by atoms with Crippen LogP contribution in [0.2, 0.25) is 0 Å². The monoisotopic (exact) mass is 251 g/mol. The van der Waals surface area contributed by atoms with Gasteiger partial charge in [-0.3, -0.25) is 0 Å². The molecule has 1 aliphatic heterocycles. The smallest absolute Gasteiger partial charge is 0.356 e. The highest BCUT2D eigenvalue weighted by atomic mass is 16.6. The molecule has 1 heterocycles. The van der Waals surface area contributed by atoms with Gasteiger partial charge in [0.2, 0.25) is 0 Å². The minimum atomic E-state index is -0.285. The molecule has 3 nitrogen and oxygen atoms in total. The number of benzene rings is 2. The fourth-order valence-corrected chi connectivity index (χ4v) is 2.04. The van der Waals surface area contributed by atoms with E-state index in [1.807, 2.05) is 71.6 Å². The van der Waals surface area contributed by atoms with Crippen LogP contribution in [0.1, 0.15) is 5.56 Å². The van der Waals surface area contributed by atoms with Crippen molar-refractivity contribution < 1.29 is 9.53 Å². The molecule has 0 N–H and O–H groups in total. The number of carbonyl (C=O) groups is 1. The number of rotatable bonds is 2. The summed E-state index contributed by atoms with van der Waals surface area (Å²) in [6, 6.07) is 19.5. The Labute approximate surface area is 111 Å². The van der Waals surface area contributed by atoms with Crippen molar-refractivity contribution in [3.8, 4) is 0 Å². The number of cyclic esters (lactones) is 1. The molecule has 0 saturated carbocycles. The Balaban J connectivity index is 1.98. The van der Waals surface area contributed by atoms with E-state index in [-0.39, 0.29) is 12.7 Å². The standard InChI is InChI=1S/C16H13NO2/c18-16-15(11-13-7-3-1-4-8-13)17(12-19-16)14-9-5-2-6-10-14/h1-11H,12H2/b15-11+. The van der Waals surface area contributed by atoms with Gasteiger partial charge in [0.1, 0.15) is 5.70 Å². The molecule has 0 aliphatic carbocycles. The lowest BCUT2D eigenvalue weighted by Gasteiger charge is -2.15. The van der Waals surface area contributed by atoms with Crippen molar-refractivity contribution in [3.05, 3.63) is 71.9 Å². The first-order valence-corrected chi connectivity index (χ1v) is 6.11. The minimum Gasteiger partial charge on any atom is -0.439 e. The number of esters is 1. The van der Waals surface area contributed by atoms with Crippen LogP contribution in [0.25, 0.3) is 6.08 Å². The highest BCUT2D eigenvalue weighted by molar-refractivity contribution is 5.99. The summed E-state index contributed by atoms with van der Waals surface area (Å²) in [5.74, 6) is -0.285. The highest BCUT2D eigenvalue weighted by Crippen LogP contribution is 2.25. The zero-order valence-corrected chi connectivity index (χ0v) is 10.3. The van der Waals surface area contributed by atoms with E-state index in [2.05, 4.69) is 0 Å². The molecule has 3 heteroatoms. The van der Waals surface area contributed by atoms with E-state index in [0.29, 0.717) is 5.70 Å². The average molecular weight is 251 g/mol. The van der Waals surface area contributed by atoms with Gasteiger partial charge >= 0.3 is 5.97 Å². The first-order chi connectivity index (χ1) is 9.34. The normalized spacial score (nSPS) is 16.7. The number of hydrogen-bond donors (Lipinski definition) is 0. The molecule has 0 aromatic heterocycles. The van der Waals surface area contributed by atoms with E-state index in [0.717, 1.165) is 11.3 Å². The Morgan fingerprint density at radius 3 is 2.26 bits per heavy atom. The molecule has 0 amide bonds. The second kappa shape index (κ2) is 4.98. The van der Waals surface area contributed by atoms with Gasteiger partial charge in [0.15, 0.2) is 6.73 Å². The first kappa shape index (κ1) is 11.5. The Hall–Kier alpha value is -2.55. The van der Waals surface area contributed by atoms with Crippen molar-refractivity contribution in [2.75, 3.05) is 11.6 Å². The summed E-state index contributed by atoms with van der Waals surface area (Å²) in [6.07, 6.45) is 1.85. The van der Waals surface area contributed by atoms with Gasteiger partial charge in [0, 0.05) is 5.69 Å². The van der Waals surface area contributed by atoms with Crippen molar-refractivity contribution in [1.29, 1.82) is 0 Å². The molecule has 0 radical (unpaired) electrons. The molecular weight excluding hydrogens is 238 g/mol. The molecule has 1 saturated heterocycles. The second-order valence-electron chi connectivity index (χ2n) is 4.26. The van der Waals surface area contributed by atoms with Crippen molar-refractivity contribution in [2.24, 2.45) is 0 Å². The van der Waals surface area contributed by atoms with Gasteiger partial charge in [-0.1, -0.05) is 48.5 Å². The van der Waals surface area contributed by atoms with Gasteiger partial charge in [-0.25, -0.2) is 4.79 Å². The van der Waals surface area contributed by atoms with Crippen LogP contribution >= 0.6 is 0 Å². The summed E-state index contributed by atoms with van der Waals surface area (Å²) in [4.78, 5) is 13.7. The number of carbonyl (C=O) groups excluding carboxylic acids is 1. The number of para-hydroxylation sites is 1. The first-order valence-electron chi connectivity index (χ1n) is 6.11. The summed E-state index contributed by atoms with van der Waals surface area (Å²) in [7, 11) is 0. The third-order valence-electron chi connectivity index (χ3n) is 3.00. The maximum absolute atomic E-state index is 11.8. The predicted molar refractivity (Wildman–Crippen MR) is 74.3 cm³/mol. The quantitative estimate of drug-likeness (QED) is 0.607. The van der Waals surface area contributed by atoms with Crippen LogP contribution in [0, 0.1) is 0 Å². The van der Waals surface area contributed by atoms with Crippen LogP contribution in [0.4, 0.5) is 5.69 Å². The number of hydrogen-bond acceptors (Lipinski definition) is 3. The summed E-state index contributed by atoms with van der Waals surface area (Å²) in [5, 5.41) is 0. The van der Waals surface area contributed by atoms with Gasteiger partial charge in [0.05, 0.1) is 0 Å². The Morgan fingerprint density at radius 2 is 1.58 bits per heavy atom. The van der Waals surface area contributed by atoms with Gasteiger partial charge in [0.25, 0.3) is 0 Å². The van der Waals surface area contributed by atoms with E-state index < -0.39 is 0 Å². The van der Waals surface area contributed by atoms with Gasteiger partial charge in [-0.2, -0.15) is 0 Å². The molecular formula is C16H13NO2. The van der Waals surface area contributed by atoms with E-state index in [4.69, 9.17) is 4.74 Å². The third-order valence-corrected chi connectivity index (χ3v) is 3.00. The Kier molecular flexibility index (Phi) is 3.02. The molecule has 1 fully saturated rings. The molecule has 0 atom stereocenters. The van der Waals surface area contributed by atoms with E-state index in [1.165, 1.54) is 0 Å². The second-order valence-corrected chi connectivity index (χ2v) is 4.26. The minimum absolute atomic E-state index is 0.265. The van der Waals surface area contributed by atoms with Gasteiger partial charge < -0.3 is 9.64 Å². The number of anilines is 1. The number of ether oxygens (including phenoxy) is 1. The maximum atomic E-state index is 11.8. The molecule has 19 heavy (non-hydrogen) atoms. The molecule has 94 valence electrons. The lowest BCUT2D eigenvalue weighted by molar-refractivity contribution is -0.134. The van der Waals surface area contributed by atoms with Crippen LogP contribution in [0.3, 0.4) is 0 Å². The van der Waals surface area contributed by atoms with Crippen LogP contribution in [0.5, 0.6) is 0 Å². The van der Waals surface area contributed by atoms with Crippen LogP contribution < -0.4 is 4.90 Å². The molecule has 2 aromatic rings. The summed E-state index contributed by atoms with van der Waals surface area (Å²) in [5.41, 5.74) is 2.50. The SMILES string of the molecule is O=C1OCN(c2ccccc2)/C1=C/c1ccccc1. The fourth-order valence-electron chi connectivity index (χ4n) is 2.04. The molecule has 1 aliphatic rings. The molecule has 0 unspecified atom stereocenters. The summed E-state index contributed by atoms with van der Waals surface area (Å²) >= 11 is 0. The fraction of sp³-hybridized carbons (Fsp3) is 0.0625. The van der Waals surface area contributed by atoms with E-state index >= 15 is 0 Å². The largest absolute Gasteiger partial charge is 0.439 e. The molecule has 0 spiro atoms. The molecule has 2 aromatic carbocycles. The van der Waals surface area contributed by atoms with E-state index in [1.54, 1.807) is 0 Å². The van der Waals surface area contributed by atoms with Crippen molar-refractivity contribution in [3.63, 3.8) is 0 Å². The lowest BCUT2D eigenvalue weighted by atomic mass is 10.2. The lowest BCUT2D eigenvalue weighted by Crippen LogP contribution is -2.17. The topological polar surface area (TPSA) is 29.5 Å². The average Bonchev–Trinajstić information content (AvgIpc) is 2.82. The maximum Gasteiger partial charge on any atom is 0.356 e. The van der Waals surface area contributed by atoms with Gasteiger partial charge in [-0.15, -0.1) is 0 Å². The van der Waals surface area contributed by atoms with Crippen LogP contribution in [-0.2, 0) is 9.53 Å². The van der Waals surface area contributed by atoms with Crippen molar-refractivity contribution >= 4 is 17.7 Å². The number of nitrogens with zero attached hydrogens (tertiary/aromatic N) is 1. The van der Waals surface area contributed by atoms with Crippen LogP contribution in [0.15, 0.2) is 66.4 Å². The van der Waals surface area contributed by atoms with Crippen molar-refractivity contribution in [1.82, 2.24) is 0 Å². The highest BCUT2D eigenvalue weighted by Gasteiger charge is 2.28. The van der Waals surface area contributed by atoms with Crippen molar-refractivity contribution in [2.45, 2.75) is 0 Å². The van der Waals surface area contributed by atoms with Gasteiger partial charge in [-0.05, 0) is 23.8 Å².